The second-order valence-corrected chi connectivity index (χ2v) is 3.97. The average molecular weight is 262 g/mol. The van der Waals surface area contributed by atoms with E-state index in [0.29, 0.717) is 24.5 Å². The molecule has 2 rings (SSSR count). The zero-order valence-corrected chi connectivity index (χ0v) is 10.4. The zero-order chi connectivity index (χ0) is 13.8. The molecule has 0 unspecified atom stereocenters. The van der Waals surface area contributed by atoms with Gasteiger partial charge in [-0.3, -0.25) is 0 Å². The molecule has 2 heterocycles. The Morgan fingerprint density at radius 3 is 2.95 bits per heavy atom. The number of carbonyl (C=O) groups is 1. The summed E-state index contributed by atoms with van der Waals surface area (Å²) in [7, 11) is 1.85. The number of pyridine rings is 1. The summed E-state index contributed by atoms with van der Waals surface area (Å²) >= 11 is 0. The van der Waals surface area contributed by atoms with Gasteiger partial charge in [-0.2, -0.15) is 0 Å². The normalized spacial score (nSPS) is 10.4. The van der Waals surface area contributed by atoms with Crippen LogP contribution in [-0.2, 0) is 13.5 Å². The minimum Gasteiger partial charge on any atom is -0.477 e. The van der Waals surface area contributed by atoms with E-state index in [-0.39, 0.29) is 5.69 Å². The fraction of sp³-hybridized carbons (Fsp3) is 0.273. The molecule has 8 heteroatoms. The van der Waals surface area contributed by atoms with Gasteiger partial charge in [-0.25, -0.2) is 9.78 Å². The summed E-state index contributed by atoms with van der Waals surface area (Å²) in [5.74, 6) is 0.0962. The van der Waals surface area contributed by atoms with Crippen molar-refractivity contribution in [2.75, 3.05) is 17.6 Å². The van der Waals surface area contributed by atoms with Gasteiger partial charge in [0.1, 0.15) is 18.0 Å². The van der Waals surface area contributed by atoms with Crippen molar-refractivity contribution in [3.63, 3.8) is 0 Å². The van der Waals surface area contributed by atoms with Crippen LogP contribution in [0.5, 0.6) is 0 Å². The summed E-state index contributed by atoms with van der Waals surface area (Å²) in [6, 6.07) is 2.88. The van der Waals surface area contributed by atoms with E-state index in [2.05, 4.69) is 20.5 Å². The molecular formula is C11H14N6O2. The quantitative estimate of drug-likeness (QED) is 0.701. The third-order valence-corrected chi connectivity index (χ3v) is 2.59. The second kappa shape index (κ2) is 5.34. The molecule has 100 valence electrons. The summed E-state index contributed by atoms with van der Waals surface area (Å²) < 4.78 is 1.81. The van der Waals surface area contributed by atoms with E-state index in [4.69, 9.17) is 10.8 Å². The Bertz CT molecular complexity index is 595. The summed E-state index contributed by atoms with van der Waals surface area (Å²) in [6.07, 6.45) is 2.25. The Balaban J connectivity index is 2.01. The molecule has 4 N–H and O–H groups in total. The van der Waals surface area contributed by atoms with E-state index in [0.717, 1.165) is 5.82 Å². The smallest absolute Gasteiger partial charge is 0.354 e. The van der Waals surface area contributed by atoms with Gasteiger partial charge in [0.05, 0.1) is 5.69 Å². The van der Waals surface area contributed by atoms with Gasteiger partial charge in [0.15, 0.2) is 5.69 Å². The number of carboxylic acid groups (broad SMARTS) is 1. The summed E-state index contributed by atoms with van der Waals surface area (Å²) in [5, 5.41) is 19.6. The third-order valence-electron chi connectivity index (χ3n) is 2.59. The molecule has 0 fully saturated rings. The molecule has 2 aromatic rings. The number of nitrogens with one attached hydrogen (secondary N) is 1. The number of nitrogen functional groups attached to an aromatic ring is 1. The number of anilines is 2. The molecule has 8 nitrogen and oxygen atoms in total. The lowest BCUT2D eigenvalue weighted by Crippen LogP contribution is -2.12. The van der Waals surface area contributed by atoms with Gasteiger partial charge in [0.2, 0.25) is 0 Å². The highest BCUT2D eigenvalue weighted by atomic mass is 16.4. The van der Waals surface area contributed by atoms with Crippen LogP contribution in [0.25, 0.3) is 0 Å². The number of rotatable bonds is 5. The molecule has 0 spiro atoms. The molecule has 0 aliphatic rings. The lowest BCUT2D eigenvalue weighted by Gasteiger charge is -2.08. The summed E-state index contributed by atoms with van der Waals surface area (Å²) in [4.78, 5) is 14.8. The number of aryl methyl sites for hydroxylation is 1. The van der Waals surface area contributed by atoms with E-state index >= 15 is 0 Å². The van der Waals surface area contributed by atoms with Crippen molar-refractivity contribution in [2.45, 2.75) is 6.42 Å². The van der Waals surface area contributed by atoms with E-state index in [1.54, 1.807) is 6.33 Å². The lowest BCUT2D eigenvalue weighted by atomic mass is 10.3. The van der Waals surface area contributed by atoms with Crippen LogP contribution >= 0.6 is 0 Å². The molecule has 0 amide bonds. The van der Waals surface area contributed by atoms with Gasteiger partial charge in [0, 0.05) is 20.0 Å². The van der Waals surface area contributed by atoms with Crippen LogP contribution in [0.2, 0.25) is 0 Å². The van der Waals surface area contributed by atoms with Crippen LogP contribution in [-0.4, -0.2) is 37.4 Å². The predicted molar refractivity (Wildman–Crippen MR) is 68.8 cm³/mol. The van der Waals surface area contributed by atoms with Gasteiger partial charge in [-0.15, -0.1) is 10.2 Å². The predicted octanol–water partition coefficient (Wildman–Crippen LogP) is 0.145. The number of aromatic nitrogens is 4. The van der Waals surface area contributed by atoms with Crippen molar-refractivity contribution < 1.29 is 9.90 Å². The Morgan fingerprint density at radius 2 is 2.32 bits per heavy atom. The number of hydrogen-bond donors (Lipinski definition) is 3. The first-order chi connectivity index (χ1) is 9.08. The van der Waals surface area contributed by atoms with Crippen LogP contribution in [0.15, 0.2) is 18.5 Å². The van der Waals surface area contributed by atoms with Gasteiger partial charge in [-0.1, -0.05) is 0 Å². The highest BCUT2D eigenvalue weighted by molar-refractivity contribution is 5.86. The number of hydrogen-bond acceptors (Lipinski definition) is 6. The van der Waals surface area contributed by atoms with Crippen LogP contribution in [0, 0.1) is 0 Å². The molecule has 0 bridgehead atoms. The summed E-state index contributed by atoms with van der Waals surface area (Å²) in [6.45, 7) is 0.535. The van der Waals surface area contributed by atoms with E-state index in [9.17, 15) is 4.79 Å². The number of aromatic carboxylic acids is 1. The lowest BCUT2D eigenvalue weighted by molar-refractivity contribution is 0.0690. The highest BCUT2D eigenvalue weighted by Crippen LogP contribution is 2.15. The third kappa shape index (κ3) is 2.97. The minimum absolute atomic E-state index is 0.0460. The molecule has 0 saturated carbocycles. The molecule has 0 aliphatic carbocycles. The van der Waals surface area contributed by atoms with Crippen LogP contribution in [0.1, 0.15) is 16.3 Å². The fourth-order valence-corrected chi connectivity index (χ4v) is 1.56. The highest BCUT2D eigenvalue weighted by Gasteiger charge is 2.08. The SMILES string of the molecule is Cn1cnnc1CCNc1nc(C(=O)O)ccc1N. The average Bonchev–Trinajstić information content (AvgIpc) is 2.77. The molecular weight excluding hydrogens is 248 g/mol. The topological polar surface area (TPSA) is 119 Å². The zero-order valence-electron chi connectivity index (χ0n) is 10.4. The second-order valence-electron chi connectivity index (χ2n) is 3.97. The Kier molecular flexibility index (Phi) is 3.60. The maximum atomic E-state index is 10.8. The van der Waals surface area contributed by atoms with Crippen molar-refractivity contribution >= 4 is 17.5 Å². The van der Waals surface area contributed by atoms with E-state index < -0.39 is 5.97 Å². The van der Waals surface area contributed by atoms with E-state index in [1.807, 2.05) is 11.6 Å². The maximum Gasteiger partial charge on any atom is 0.354 e. The van der Waals surface area contributed by atoms with Gasteiger partial charge >= 0.3 is 5.97 Å². The molecule has 0 aromatic carbocycles. The Hall–Kier alpha value is -2.64. The van der Waals surface area contributed by atoms with Crippen LogP contribution in [0.4, 0.5) is 11.5 Å². The first kappa shape index (κ1) is 12.8. The molecule has 0 radical (unpaired) electrons. The molecule has 0 atom stereocenters. The fourth-order valence-electron chi connectivity index (χ4n) is 1.56. The monoisotopic (exact) mass is 262 g/mol. The van der Waals surface area contributed by atoms with E-state index in [1.165, 1.54) is 12.1 Å². The first-order valence-corrected chi connectivity index (χ1v) is 5.64. The molecule has 2 aromatic heterocycles. The minimum atomic E-state index is -1.09. The summed E-state index contributed by atoms with van der Waals surface area (Å²) in [5.41, 5.74) is 6.09. The number of nitrogens with two attached hydrogens (primary N) is 1. The van der Waals surface area contributed by atoms with Crippen molar-refractivity contribution in [3.05, 3.63) is 30.0 Å². The van der Waals surface area contributed by atoms with Gasteiger partial charge in [-0.05, 0) is 12.1 Å². The van der Waals surface area contributed by atoms with Gasteiger partial charge in [0.25, 0.3) is 0 Å². The number of nitrogens with zero attached hydrogens (tertiary/aromatic N) is 4. The largest absolute Gasteiger partial charge is 0.477 e. The molecule has 0 saturated heterocycles. The van der Waals surface area contributed by atoms with Gasteiger partial charge < -0.3 is 20.7 Å². The standard InChI is InChI=1S/C11H14N6O2/c1-17-6-14-16-9(17)4-5-13-10-7(12)2-3-8(15-10)11(18)19/h2-3,6H,4-5,12H2,1H3,(H,13,15)(H,18,19). The number of carboxylic acids is 1. The van der Waals surface area contributed by atoms with Crippen molar-refractivity contribution in [3.8, 4) is 0 Å². The first-order valence-electron chi connectivity index (χ1n) is 5.64. The van der Waals surface area contributed by atoms with Crippen molar-refractivity contribution in [1.29, 1.82) is 0 Å². The van der Waals surface area contributed by atoms with Crippen molar-refractivity contribution in [2.24, 2.45) is 7.05 Å². The maximum absolute atomic E-state index is 10.8. The Labute approximate surface area is 109 Å². The molecule has 0 aliphatic heterocycles. The van der Waals surface area contributed by atoms with Crippen LogP contribution in [0.3, 0.4) is 0 Å². The van der Waals surface area contributed by atoms with Crippen LogP contribution < -0.4 is 11.1 Å². The molecule has 19 heavy (non-hydrogen) atoms. The Morgan fingerprint density at radius 1 is 1.53 bits per heavy atom. The van der Waals surface area contributed by atoms with Crippen molar-refractivity contribution in [1.82, 2.24) is 19.7 Å².